The highest BCUT2D eigenvalue weighted by Crippen LogP contribution is 2.38. The molecule has 2 aromatic rings. The van der Waals surface area contributed by atoms with Crippen molar-refractivity contribution in [2.24, 2.45) is 0 Å². The Balaban J connectivity index is 1.84. The first-order valence-electron chi connectivity index (χ1n) is 6.24. The highest BCUT2D eigenvalue weighted by molar-refractivity contribution is 7.93. The third-order valence-electron chi connectivity index (χ3n) is 3.27. The number of ether oxygens (including phenoxy) is 1. The number of thiophene rings is 1. The molecule has 3 rings (SSSR count). The number of hydrogen-bond acceptors (Lipinski definition) is 5. The average molecular weight is 326 g/mol. The van der Waals surface area contributed by atoms with Crippen LogP contribution >= 0.6 is 11.3 Å². The van der Waals surface area contributed by atoms with Gasteiger partial charge in [-0.15, -0.1) is 11.3 Å². The number of carbonyl (C=O) groups is 1. The fourth-order valence-corrected chi connectivity index (χ4v) is 5.16. The van der Waals surface area contributed by atoms with Gasteiger partial charge in [0.1, 0.15) is 16.1 Å². The molecule has 7 heteroatoms. The molecular formula is C14H11FO4S2. The van der Waals surface area contributed by atoms with Crippen molar-refractivity contribution in [2.75, 3.05) is 5.75 Å². The van der Waals surface area contributed by atoms with Gasteiger partial charge >= 0.3 is 5.97 Å². The molecule has 0 saturated heterocycles. The fourth-order valence-electron chi connectivity index (χ4n) is 2.21. The minimum absolute atomic E-state index is 0.0398. The predicted octanol–water partition coefficient (Wildman–Crippen LogP) is 2.96. The van der Waals surface area contributed by atoms with Gasteiger partial charge in [-0.05, 0) is 35.7 Å². The number of fused-ring (bicyclic) bond motifs is 1. The summed E-state index contributed by atoms with van der Waals surface area (Å²) in [6.07, 6.45) is -0.341. The van der Waals surface area contributed by atoms with E-state index in [1.54, 1.807) is 11.4 Å². The summed E-state index contributed by atoms with van der Waals surface area (Å²) in [6, 6.07) is 6.70. The molecule has 0 unspecified atom stereocenters. The average Bonchev–Trinajstić information content (AvgIpc) is 2.94. The molecule has 0 N–H and O–H groups in total. The van der Waals surface area contributed by atoms with E-state index in [2.05, 4.69) is 0 Å². The number of sulfone groups is 1. The molecular weight excluding hydrogens is 315 g/mol. The SMILES string of the molecule is O=C(O[C@H]1CCS(=O)(=O)c2sccc21)c1ccc(F)cc1. The number of halogens is 1. The van der Waals surface area contributed by atoms with Crippen molar-refractivity contribution < 1.29 is 22.3 Å². The lowest BCUT2D eigenvalue weighted by Crippen LogP contribution is -2.22. The smallest absolute Gasteiger partial charge is 0.338 e. The predicted molar refractivity (Wildman–Crippen MR) is 75.5 cm³/mol. The molecule has 2 heterocycles. The lowest BCUT2D eigenvalue weighted by molar-refractivity contribution is 0.0280. The van der Waals surface area contributed by atoms with Crippen molar-refractivity contribution in [3.05, 3.63) is 52.7 Å². The van der Waals surface area contributed by atoms with E-state index in [0.717, 1.165) is 11.3 Å². The molecule has 0 aliphatic carbocycles. The van der Waals surface area contributed by atoms with Crippen molar-refractivity contribution in [1.29, 1.82) is 0 Å². The second-order valence-electron chi connectivity index (χ2n) is 4.67. The Hall–Kier alpha value is -1.73. The van der Waals surface area contributed by atoms with Crippen LogP contribution in [0, 0.1) is 5.82 Å². The maximum atomic E-state index is 12.8. The molecule has 110 valence electrons. The van der Waals surface area contributed by atoms with E-state index in [9.17, 15) is 17.6 Å². The van der Waals surface area contributed by atoms with Crippen molar-refractivity contribution in [3.63, 3.8) is 0 Å². The van der Waals surface area contributed by atoms with Crippen molar-refractivity contribution in [3.8, 4) is 0 Å². The molecule has 1 aromatic carbocycles. The number of hydrogen-bond donors (Lipinski definition) is 0. The van der Waals surface area contributed by atoms with E-state index >= 15 is 0 Å². The number of carbonyl (C=O) groups excluding carboxylic acids is 1. The van der Waals surface area contributed by atoms with Gasteiger partial charge in [0.15, 0.2) is 9.84 Å². The normalized spacial score (nSPS) is 19.8. The van der Waals surface area contributed by atoms with Gasteiger partial charge in [-0.1, -0.05) is 0 Å². The van der Waals surface area contributed by atoms with Crippen molar-refractivity contribution in [2.45, 2.75) is 16.7 Å². The molecule has 0 amide bonds. The molecule has 1 aromatic heterocycles. The molecule has 0 bridgehead atoms. The van der Waals surface area contributed by atoms with Gasteiger partial charge in [-0.2, -0.15) is 0 Å². The summed E-state index contributed by atoms with van der Waals surface area (Å²) in [5, 5.41) is 1.67. The zero-order valence-corrected chi connectivity index (χ0v) is 12.4. The molecule has 0 spiro atoms. The third-order valence-corrected chi connectivity index (χ3v) is 6.61. The molecule has 0 fully saturated rings. The van der Waals surface area contributed by atoms with Crippen LogP contribution in [-0.2, 0) is 14.6 Å². The fraction of sp³-hybridized carbons (Fsp3) is 0.214. The Morgan fingerprint density at radius 2 is 1.95 bits per heavy atom. The molecule has 1 aliphatic rings. The maximum Gasteiger partial charge on any atom is 0.338 e. The van der Waals surface area contributed by atoms with E-state index < -0.39 is 27.7 Å². The molecule has 21 heavy (non-hydrogen) atoms. The van der Waals surface area contributed by atoms with E-state index in [-0.39, 0.29) is 21.9 Å². The van der Waals surface area contributed by atoms with E-state index in [4.69, 9.17) is 4.74 Å². The standard InChI is InChI=1S/C14H11FO4S2/c15-10-3-1-9(2-4-10)13(16)19-12-6-8-21(17,18)14-11(12)5-7-20-14/h1-5,7,12H,6,8H2/t12-/m0/s1. The number of esters is 1. The summed E-state index contributed by atoms with van der Waals surface area (Å²) in [6.45, 7) is 0. The van der Waals surface area contributed by atoms with Gasteiger partial charge in [0.2, 0.25) is 0 Å². The van der Waals surface area contributed by atoms with Gasteiger partial charge in [-0.3, -0.25) is 0 Å². The summed E-state index contributed by atoms with van der Waals surface area (Å²) in [4.78, 5) is 12.0. The molecule has 1 aliphatic heterocycles. The maximum absolute atomic E-state index is 12.8. The molecule has 1 atom stereocenters. The summed E-state index contributed by atoms with van der Waals surface area (Å²) in [5.74, 6) is -1.06. The summed E-state index contributed by atoms with van der Waals surface area (Å²) in [7, 11) is -3.26. The monoisotopic (exact) mass is 326 g/mol. The summed E-state index contributed by atoms with van der Waals surface area (Å²) < 4.78 is 42.3. The van der Waals surface area contributed by atoms with Crippen LogP contribution in [0.5, 0.6) is 0 Å². The van der Waals surface area contributed by atoms with Crippen molar-refractivity contribution in [1.82, 2.24) is 0 Å². The highest BCUT2D eigenvalue weighted by atomic mass is 32.2. The second-order valence-corrected chi connectivity index (χ2v) is 7.89. The van der Waals surface area contributed by atoms with Crippen molar-refractivity contribution >= 4 is 27.1 Å². The Morgan fingerprint density at radius 1 is 1.24 bits per heavy atom. The first kappa shape index (κ1) is 14.2. The third kappa shape index (κ3) is 2.71. The van der Waals surface area contributed by atoms with Crippen LogP contribution in [0.25, 0.3) is 0 Å². The molecule has 0 radical (unpaired) electrons. The number of benzene rings is 1. The first-order chi connectivity index (χ1) is 9.97. The zero-order chi connectivity index (χ0) is 15.0. The lowest BCUT2D eigenvalue weighted by atomic mass is 10.1. The van der Waals surface area contributed by atoms with Crippen LogP contribution in [0.4, 0.5) is 4.39 Å². The summed E-state index contributed by atoms with van der Waals surface area (Å²) in [5.41, 5.74) is 0.767. The molecule has 4 nitrogen and oxygen atoms in total. The van der Waals surface area contributed by atoms with Crippen LogP contribution in [-0.4, -0.2) is 20.1 Å². The van der Waals surface area contributed by atoms with E-state index in [0.29, 0.717) is 5.56 Å². The second kappa shape index (κ2) is 5.23. The van der Waals surface area contributed by atoms with Crippen LogP contribution in [0.1, 0.15) is 28.4 Å². The highest BCUT2D eigenvalue weighted by Gasteiger charge is 2.33. The van der Waals surface area contributed by atoms with Gasteiger partial charge in [0.05, 0.1) is 11.3 Å². The molecule has 0 saturated carbocycles. The van der Waals surface area contributed by atoms with E-state index in [1.165, 1.54) is 24.3 Å². The quantitative estimate of drug-likeness (QED) is 0.796. The topological polar surface area (TPSA) is 60.4 Å². The first-order valence-corrected chi connectivity index (χ1v) is 8.77. The van der Waals surface area contributed by atoms with Gasteiger partial charge in [-0.25, -0.2) is 17.6 Å². The summed E-state index contributed by atoms with van der Waals surface area (Å²) >= 11 is 1.13. The van der Waals surface area contributed by atoms with Gasteiger partial charge in [0.25, 0.3) is 0 Å². The minimum Gasteiger partial charge on any atom is -0.454 e. The Bertz CT molecular complexity index is 778. The van der Waals surface area contributed by atoms with Crippen LogP contribution in [0.3, 0.4) is 0 Å². The zero-order valence-electron chi connectivity index (χ0n) is 10.8. The van der Waals surface area contributed by atoms with E-state index in [1.807, 2.05) is 0 Å². The Kier molecular flexibility index (Phi) is 3.54. The Labute approximate surface area is 125 Å². The van der Waals surface area contributed by atoms with Gasteiger partial charge < -0.3 is 4.74 Å². The number of rotatable bonds is 2. The Morgan fingerprint density at radius 3 is 2.67 bits per heavy atom. The minimum atomic E-state index is -3.26. The largest absolute Gasteiger partial charge is 0.454 e. The van der Waals surface area contributed by atoms with Crippen LogP contribution in [0.2, 0.25) is 0 Å². The lowest BCUT2D eigenvalue weighted by Gasteiger charge is -2.22. The van der Waals surface area contributed by atoms with Gasteiger partial charge in [0, 0.05) is 12.0 Å². The van der Waals surface area contributed by atoms with Crippen LogP contribution < -0.4 is 0 Å². The van der Waals surface area contributed by atoms with Crippen LogP contribution in [0.15, 0.2) is 39.9 Å².